The first-order chi connectivity index (χ1) is 6.06. The molecule has 0 aliphatic rings. The van der Waals surface area contributed by atoms with E-state index in [4.69, 9.17) is 5.11 Å². The van der Waals surface area contributed by atoms with Crippen molar-refractivity contribution in [1.29, 1.82) is 0 Å². The summed E-state index contributed by atoms with van der Waals surface area (Å²) in [5.41, 5.74) is 0.560. The first-order valence-electron chi connectivity index (χ1n) is 3.67. The number of methoxy groups -OCH3 is 1. The van der Waals surface area contributed by atoms with Gasteiger partial charge in [-0.05, 0) is 13.0 Å². The van der Waals surface area contributed by atoms with Crippen molar-refractivity contribution < 1.29 is 19.7 Å². The number of esters is 1. The number of hydrogen-bond acceptors (Lipinski definition) is 4. The highest BCUT2D eigenvalue weighted by atomic mass is 16.5. The van der Waals surface area contributed by atoms with Crippen molar-refractivity contribution in [3.8, 4) is 11.5 Å². The van der Waals surface area contributed by atoms with Crippen LogP contribution in [0.4, 0.5) is 0 Å². The highest BCUT2D eigenvalue weighted by molar-refractivity contribution is 5.92. The molecule has 0 spiro atoms. The number of phenols is 2. The molecule has 0 saturated carbocycles. The van der Waals surface area contributed by atoms with Crippen molar-refractivity contribution in [2.75, 3.05) is 7.11 Å². The van der Waals surface area contributed by atoms with Gasteiger partial charge in [-0.25, -0.2) is 4.79 Å². The van der Waals surface area contributed by atoms with Crippen LogP contribution in [0.1, 0.15) is 15.9 Å². The third-order valence-electron chi connectivity index (χ3n) is 1.77. The van der Waals surface area contributed by atoms with Gasteiger partial charge >= 0.3 is 5.97 Å². The minimum Gasteiger partial charge on any atom is -0.508 e. The van der Waals surface area contributed by atoms with Crippen LogP contribution in [0.2, 0.25) is 0 Å². The number of carbonyl (C=O) groups excluding carboxylic acids is 1. The number of benzene rings is 1. The lowest BCUT2D eigenvalue weighted by molar-refractivity contribution is 0.0599. The van der Waals surface area contributed by atoms with Gasteiger partial charge in [-0.3, -0.25) is 0 Å². The first kappa shape index (κ1) is 9.38. The molecule has 1 aromatic carbocycles. The first-order valence-corrected chi connectivity index (χ1v) is 3.67. The Labute approximate surface area is 75.4 Å². The fourth-order valence-electron chi connectivity index (χ4n) is 1.01. The molecule has 0 saturated heterocycles. The fraction of sp³-hybridized carbons (Fsp3) is 0.222. The maximum absolute atomic E-state index is 11.1. The van der Waals surface area contributed by atoms with Crippen LogP contribution < -0.4 is 0 Å². The van der Waals surface area contributed by atoms with Crippen molar-refractivity contribution in [2.24, 2.45) is 0 Å². The molecule has 13 heavy (non-hydrogen) atoms. The van der Waals surface area contributed by atoms with Gasteiger partial charge in [0.1, 0.15) is 11.5 Å². The normalized spacial score (nSPS) is 9.69. The minimum atomic E-state index is -0.580. The van der Waals surface area contributed by atoms with Gasteiger partial charge in [-0.2, -0.15) is 0 Å². The Morgan fingerprint density at radius 2 is 2.00 bits per heavy atom. The van der Waals surface area contributed by atoms with Crippen LogP contribution in [0.5, 0.6) is 11.5 Å². The molecular weight excluding hydrogens is 172 g/mol. The Hall–Kier alpha value is -1.71. The third kappa shape index (κ3) is 1.72. The number of aromatic hydroxyl groups is 2. The molecule has 0 aliphatic heterocycles. The Morgan fingerprint density at radius 1 is 1.38 bits per heavy atom. The molecule has 0 radical (unpaired) electrons. The number of carbonyl (C=O) groups is 1. The van der Waals surface area contributed by atoms with Gasteiger partial charge in [0, 0.05) is 11.6 Å². The lowest BCUT2D eigenvalue weighted by Gasteiger charge is -2.05. The molecule has 0 aliphatic carbocycles. The van der Waals surface area contributed by atoms with Gasteiger partial charge in [-0.1, -0.05) is 0 Å². The summed E-state index contributed by atoms with van der Waals surface area (Å²) in [4.78, 5) is 11.1. The van der Waals surface area contributed by atoms with E-state index in [0.717, 1.165) is 0 Å². The molecule has 70 valence electrons. The van der Waals surface area contributed by atoms with Crippen LogP contribution in [-0.2, 0) is 4.74 Å². The minimum absolute atomic E-state index is 0.125. The van der Waals surface area contributed by atoms with E-state index in [1.165, 1.54) is 19.2 Å². The maximum Gasteiger partial charge on any atom is 0.338 e. The smallest absolute Gasteiger partial charge is 0.338 e. The Morgan fingerprint density at radius 3 is 2.54 bits per heavy atom. The van der Waals surface area contributed by atoms with Crippen LogP contribution in [0.3, 0.4) is 0 Å². The Bertz CT molecular complexity index is 344. The SMILES string of the molecule is COC(=O)c1cc(O)cc(O)c1C. The lowest BCUT2D eigenvalue weighted by atomic mass is 10.1. The zero-order valence-electron chi connectivity index (χ0n) is 7.37. The lowest BCUT2D eigenvalue weighted by Crippen LogP contribution is -2.03. The van der Waals surface area contributed by atoms with E-state index in [9.17, 15) is 9.90 Å². The summed E-state index contributed by atoms with van der Waals surface area (Å²) in [7, 11) is 1.24. The topological polar surface area (TPSA) is 66.8 Å². The second kappa shape index (κ2) is 3.35. The summed E-state index contributed by atoms with van der Waals surface area (Å²) in [5.74, 6) is -0.868. The number of ether oxygens (including phenoxy) is 1. The average molecular weight is 182 g/mol. The van der Waals surface area contributed by atoms with Gasteiger partial charge in [0.2, 0.25) is 0 Å². The van der Waals surface area contributed by atoms with Crippen molar-refractivity contribution >= 4 is 5.97 Å². The number of hydrogen-bond donors (Lipinski definition) is 2. The third-order valence-corrected chi connectivity index (χ3v) is 1.77. The van der Waals surface area contributed by atoms with E-state index in [1.54, 1.807) is 6.92 Å². The number of phenolic OH excluding ortho intramolecular Hbond substituents is 2. The van der Waals surface area contributed by atoms with Crippen molar-refractivity contribution in [1.82, 2.24) is 0 Å². The van der Waals surface area contributed by atoms with Crippen LogP contribution >= 0.6 is 0 Å². The summed E-state index contributed by atoms with van der Waals surface area (Å²) in [5, 5.41) is 18.4. The van der Waals surface area contributed by atoms with Crippen molar-refractivity contribution in [2.45, 2.75) is 6.92 Å². The molecular formula is C9H10O4. The highest BCUT2D eigenvalue weighted by Gasteiger charge is 2.13. The standard InChI is InChI=1S/C9H10O4/c1-5-7(9(12)13-2)3-6(10)4-8(5)11/h3-4,10-11H,1-2H3. The molecule has 1 aromatic rings. The molecule has 1 rings (SSSR count). The van der Waals surface area contributed by atoms with E-state index in [2.05, 4.69) is 4.74 Å². The van der Waals surface area contributed by atoms with Crippen LogP contribution in [-0.4, -0.2) is 23.3 Å². The highest BCUT2D eigenvalue weighted by Crippen LogP contribution is 2.26. The predicted molar refractivity (Wildman–Crippen MR) is 45.8 cm³/mol. The molecule has 0 aromatic heterocycles. The second-order valence-electron chi connectivity index (χ2n) is 2.63. The number of rotatable bonds is 1. The molecule has 0 fully saturated rings. The maximum atomic E-state index is 11.1. The van der Waals surface area contributed by atoms with Gasteiger partial charge in [0.25, 0.3) is 0 Å². The van der Waals surface area contributed by atoms with E-state index < -0.39 is 5.97 Å². The predicted octanol–water partition coefficient (Wildman–Crippen LogP) is 1.19. The molecule has 0 unspecified atom stereocenters. The van der Waals surface area contributed by atoms with Crippen molar-refractivity contribution in [3.63, 3.8) is 0 Å². The van der Waals surface area contributed by atoms with E-state index in [0.29, 0.717) is 5.56 Å². The fourth-order valence-corrected chi connectivity index (χ4v) is 1.01. The Kier molecular flexibility index (Phi) is 2.41. The zero-order valence-corrected chi connectivity index (χ0v) is 7.37. The monoisotopic (exact) mass is 182 g/mol. The molecule has 0 bridgehead atoms. The molecule has 4 nitrogen and oxygen atoms in total. The molecule has 0 heterocycles. The van der Waals surface area contributed by atoms with E-state index in [-0.39, 0.29) is 17.1 Å². The van der Waals surface area contributed by atoms with Crippen molar-refractivity contribution in [3.05, 3.63) is 23.3 Å². The summed E-state index contributed by atoms with van der Waals surface area (Å²) in [6.45, 7) is 1.57. The van der Waals surface area contributed by atoms with Crippen LogP contribution in [0, 0.1) is 6.92 Å². The van der Waals surface area contributed by atoms with Gasteiger partial charge < -0.3 is 14.9 Å². The Balaban J connectivity index is 3.28. The summed E-state index contributed by atoms with van der Waals surface area (Å²) < 4.78 is 4.47. The zero-order chi connectivity index (χ0) is 10.0. The van der Waals surface area contributed by atoms with Gasteiger partial charge in [0.05, 0.1) is 12.7 Å². The summed E-state index contributed by atoms with van der Waals surface area (Å²) >= 11 is 0. The van der Waals surface area contributed by atoms with E-state index in [1.807, 2.05) is 0 Å². The van der Waals surface area contributed by atoms with Crippen LogP contribution in [0.15, 0.2) is 12.1 Å². The summed E-state index contributed by atoms with van der Waals surface area (Å²) in [6.07, 6.45) is 0. The molecule has 4 heteroatoms. The average Bonchev–Trinajstić information content (AvgIpc) is 2.10. The van der Waals surface area contributed by atoms with Crippen LogP contribution in [0.25, 0.3) is 0 Å². The van der Waals surface area contributed by atoms with Gasteiger partial charge in [-0.15, -0.1) is 0 Å². The molecule has 0 atom stereocenters. The molecule has 2 N–H and O–H groups in total. The second-order valence-corrected chi connectivity index (χ2v) is 2.63. The molecule has 0 amide bonds. The largest absolute Gasteiger partial charge is 0.508 e. The summed E-state index contributed by atoms with van der Waals surface area (Å²) in [6, 6.07) is 2.42. The van der Waals surface area contributed by atoms with E-state index >= 15 is 0 Å². The quantitative estimate of drug-likeness (QED) is 0.640. The van der Waals surface area contributed by atoms with Gasteiger partial charge in [0.15, 0.2) is 0 Å².